The van der Waals surface area contributed by atoms with Crippen molar-refractivity contribution in [1.29, 1.82) is 0 Å². The van der Waals surface area contributed by atoms with Crippen LogP contribution in [0.25, 0.3) is 0 Å². The smallest absolute Gasteiger partial charge is 0.326 e. The zero-order valence-corrected chi connectivity index (χ0v) is 21.9. The molecule has 0 aliphatic carbocycles. The Labute approximate surface area is 228 Å². The highest BCUT2D eigenvalue weighted by atomic mass is 32.2. The van der Waals surface area contributed by atoms with E-state index in [2.05, 4.69) is 25.9 Å². The fraction of sp³-hybridized carbons (Fsp3) is 0.417. The molecular weight excluding hydrogens is 532 g/mol. The maximum absolute atomic E-state index is 13.3. The van der Waals surface area contributed by atoms with Crippen molar-refractivity contribution in [1.82, 2.24) is 25.9 Å². The third-order valence-electron chi connectivity index (χ3n) is 5.58. The summed E-state index contributed by atoms with van der Waals surface area (Å²) >= 11 is 1.41. The number of imidazole rings is 1. The molecule has 15 heteroatoms. The van der Waals surface area contributed by atoms with Gasteiger partial charge in [-0.05, 0) is 36.1 Å². The molecule has 1 aromatic heterocycles. The van der Waals surface area contributed by atoms with Crippen molar-refractivity contribution in [2.24, 2.45) is 5.73 Å². The van der Waals surface area contributed by atoms with Gasteiger partial charge in [0.1, 0.15) is 23.9 Å². The third-order valence-corrected chi connectivity index (χ3v) is 6.22. The molecule has 4 unspecified atom stereocenters. The molecule has 3 amide bonds. The van der Waals surface area contributed by atoms with E-state index in [1.807, 2.05) is 0 Å². The Bertz CT molecular complexity index is 1130. The fourth-order valence-electron chi connectivity index (χ4n) is 3.50. The molecule has 2 rings (SSSR count). The molecule has 0 bridgehead atoms. The van der Waals surface area contributed by atoms with Gasteiger partial charge in [-0.2, -0.15) is 11.8 Å². The number of carboxylic acid groups (broad SMARTS) is 2. The van der Waals surface area contributed by atoms with E-state index < -0.39 is 60.2 Å². The van der Waals surface area contributed by atoms with Crippen LogP contribution < -0.4 is 21.7 Å². The van der Waals surface area contributed by atoms with E-state index in [9.17, 15) is 34.2 Å². The fourth-order valence-corrected chi connectivity index (χ4v) is 3.97. The molecule has 212 valence electrons. The predicted octanol–water partition coefficient (Wildman–Crippen LogP) is -1.01. The van der Waals surface area contributed by atoms with E-state index in [1.165, 1.54) is 48.6 Å². The van der Waals surface area contributed by atoms with Crippen molar-refractivity contribution in [2.75, 3.05) is 12.0 Å². The Morgan fingerprint density at radius 3 is 2.13 bits per heavy atom. The summed E-state index contributed by atoms with van der Waals surface area (Å²) in [6.45, 7) is 0. The van der Waals surface area contributed by atoms with E-state index in [1.54, 1.807) is 6.26 Å². The lowest BCUT2D eigenvalue weighted by molar-refractivity contribution is -0.142. The van der Waals surface area contributed by atoms with Gasteiger partial charge in [-0.3, -0.25) is 19.2 Å². The number of nitrogens with one attached hydrogen (secondary N) is 4. The van der Waals surface area contributed by atoms with Crippen LogP contribution in [0.15, 0.2) is 36.8 Å². The summed E-state index contributed by atoms with van der Waals surface area (Å²) in [5.41, 5.74) is 6.69. The molecule has 2 aromatic rings. The summed E-state index contributed by atoms with van der Waals surface area (Å²) in [5, 5.41) is 35.5. The largest absolute Gasteiger partial charge is 0.508 e. The highest BCUT2D eigenvalue weighted by Crippen LogP contribution is 2.12. The zero-order chi connectivity index (χ0) is 28.9. The van der Waals surface area contributed by atoms with Crippen LogP contribution in [0.4, 0.5) is 0 Å². The van der Waals surface area contributed by atoms with Crippen LogP contribution in [0.3, 0.4) is 0 Å². The number of hydrogen-bond donors (Lipinski definition) is 8. The van der Waals surface area contributed by atoms with E-state index in [-0.39, 0.29) is 25.0 Å². The topological polar surface area (TPSA) is 237 Å². The molecule has 1 heterocycles. The number of thioether (sulfide) groups is 1. The van der Waals surface area contributed by atoms with E-state index >= 15 is 0 Å². The SMILES string of the molecule is CSCCC(NC(=O)C(Cc1ccc(O)cc1)NC(=O)C(N)CC(=O)O)C(=O)NC(Cc1cnc[nH]1)C(=O)O. The Kier molecular flexibility index (Phi) is 12.2. The lowest BCUT2D eigenvalue weighted by Crippen LogP contribution is -2.58. The number of aromatic amines is 1. The molecule has 1 aromatic carbocycles. The summed E-state index contributed by atoms with van der Waals surface area (Å²) < 4.78 is 0. The quantitative estimate of drug-likeness (QED) is 0.123. The van der Waals surface area contributed by atoms with E-state index in [0.29, 0.717) is 17.0 Å². The van der Waals surface area contributed by atoms with Crippen molar-refractivity contribution in [3.63, 3.8) is 0 Å². The van der Waals surface area contributed by atoms with Gasteiger partial charge in [0.05, 0.1) is 18.8 Å². The number of aromatic hydroxyl groups is 1. The standard InChI is InChI=1S/C24H32N6O8S/c1-39-7-6-17(22(35)30-19(24(37)38)9-14-11-26-12-27-14)28-23(36)18(8-13-2-4-15(31)5-3-13)29-21(34)16(25)10-20(32)33/h2-5,11-12,16-19,31H,6-10,25H2,1H3,(H,26,27)(H,28,36)(H,29,34)(H,30,35)(H,32,33)(H,37,38). The molecule has 0 aliphatic rings. The van der Waals surface area contributed by atoms with E-state index in [0.717, 1.165) is 0 Å². The van der Waals surface area contributed by atoms with Crippen LogP contribution in [0.2, 0.25) is 0 Å². The number of carbonyl (C=O) groups excluding carboxylic acids is 3. The van der Waals surface area contributed by atoms with Crippen LogP contribution >= 0.6 is 11.8 Å². The molecule has 0 saturated heterocycles. The van der Waals surface area contributed by atoms with Crippen LogP contribution in [-0.4, -0.2) is 91.1 Å². The van der Waals surface area contributed by atoms with Crippen molar-refractivity contribution in [2.45, 2.75) is 49.9 Å². The Morgan fingerprint density at radius 1 is 0.949 bits per heavy atom. The minimum Gasteiger partial charge on any atom is -0.508 e. The molecule has 0 aliphatic heterocycles. The van der Waals surface area contributed by atoms with Gasteiger partial charge < -0.3 is 42.0 Å². The van der Waals surface area contributed by atoms with Crippen molar-refractivity contribution in [3.8, 4) is 5.75 Å². The maximum atomic E-state index is 13.3. The lowest BCUT2D eigenvalue weighted by atomic mass is 10.0. The molecule has 0 fully saturated rings. The average molecular weight is 565 g/mol. The van der Waals surface area contributed by atoms with Gasteiger partial charge in [-0.1, -0.05) is 12.1 Å². The normalized spacial score (nSPS) is 13.9. The Balaban J connectivity index is 2.21. The molecule has 4 atom stereocenters. The molecule has 39 heavy (non-hydrogen) atoms. The summed E-state index contributed by atoms with van der Waals surface area (Å²) in [6, 6.07) is 0.728. The average Bonchev–Trinajstić information content (AvgIpc) is 3.39. The number of aromatic nitrogens is 2. The Hall–Kier alpha value is -4.11. The number of H-pyrrole nitrogens is 1. The van der Waals surface area contributed by atoms with Gasteiger partial charge in [0, 0.05) is 24.7 Å². The highest BCUT2D eigenvalue weighted by molar-refractivity contribution is 7.98. The second kappa shape index (κ2) is 15.3. The first-order valence-corrected chi connectivity index (χ1v) is 13.2. The first-order valence-electron chi connectivity index (χ1n) is 11.9. The summed E-state index contributed by atoms with van der Waals surface area (Å²) in [4.78, 5) is 68.2. The number of phenolic OH excluding ortho intramolecular Hbond substituents is 1. The minimum atomic E-state index is -1.42. The summed E-state index contributed by atoms with van der Waals surface area (Å²) in [7, 11) is 0. The second-order valence-corrected chi connectivity index (χ2v) is 9.64. The molecule has 0 saturated carbocycles. The number of nitrogens with zero attached hydrogens (tertiary/aromatic N) is 1. The molecule has 0 spiro atoms. The molecular formula is C24H32N6O8S. The van der Waals surface area contributed by atoms with Gasteiger partial charge in [-0.15, -0.1) is 0 Å². The van der Waals surface area contributed by atoms with Gasteiger partial charge in [0.2, 0.25) is 17.7 Å². The number of rotatable bonds is 16. The van der Waals surface area contributed by atoms with Gasteiger partial charge in [0.25, 0.3) is 0 Å². The molecule has 9 N–H and O–H groups in total. The third kappa shape index (κ3) is 10.6. The van der Waals surface area contributed by atoms with Gasteiger partial charge >= 0.3 is 11.9 Å². The number of aliphatic carboxylic acids is 2. The van der Waals surface area contributed by atoms with Gasteiger partial charge in [-0.25, -0.2) is 9.78 Å². The lowest BCUT2D eigenvalue weighted by Gasteiger charge is -2.25. The zero-order valence-electron chi connectivity index (χ0n) is 21.1. The number of hydrogen-bond acceptors (Lipinski definition) is 9. The minimum absolute atomic E-state index is 0.0100. The van der Waals surface area contributed by atoms with Crippen LogP contribution in [-0.2, 0) is 36.8 Å². The Morgan fingerprint density at radius 2 is 1.56 bits per heavy atom. The van der Waals surface area contributed by atoms with Gasteiger partial charge in [0.15, 0.2) is 0 Å². The molecule has 14 nitrogen and oxygen atoms in total. The van der Waals surface area contributed by atoms with Crippen molar-refractivity contribution in [3.05, 3.63) is 48.0 Å². The van der Waals surface area contributed by atoms with Crippen molar-refractivity contribution < 1.29 is 39.3 Å². The van der Waals surface area contributed by atoms with Crippen molar-refractivity contribution >= 4 is 41.4 Å². The monoisotopic (exact) mass is 564 g/mol. The maximum Gasteiger partial charge on any atom is 0.326 e. The predicted molar refractivity (Wildman–Crippen MR) is 141 cm³/mol. The first kappa shape index (κ1) is 31.1. The first-order chi connectivity index (χ1) is 18.5. The number of amides is 3. The molecule has 0 radical (unpaired) electrons. The number of phenols is 1. The number of benzene rings is 1. The highest BCUT2D eigenvalue weighted by Gasteiger charge is 2.31. The van der Waals surface area contributed by atoms with E-state index in [4.69, 9.17) is 10.8 Å². The van der Waals surface area contributed by atoms with Crippen LogP contribution in [0.1, 0.15) is 24.1 Å². The summed E-state index contributed by atoms with van der Waals surface area (Å²) in [5.74, 6) is -4.51. The number of carbonyl (C=O) groups is 5. The van der Waals surface area contributed by atoms with Crippen LogP contribution in [0, 0.1) is 0 Å². The summed E-state index contributed by atoms with van der Waals surface area (Å²) in [6.07, 6.45) is 3.98. The number of nitrogens with two attached hydrogens (primary N) is 1. The second-order valence-electron chi connectivity index (χ2n) is 8.66. The van der Waals surface area contributed by atoms with Crippen LogP contribution in [0.5, 0.6) is 5.75 Å². The number of carboxylic acids is 2.